The molecule has 0 aromatic heterocycles. The minimum absolute atomic E-state index is 0.0979. The van der Waals surface area contributed by atoms with E-state index >= 15 is 0 Å². The number of aliphatic hydroxyl groups is 1. The van der Waals surface area contributed by atoms with E-state index in [4.69, 9.17) is 49.5 Å². The first-order valence-corrected chi connectivity index (χ1v) is 14.0. The van der Waals surface area contributed by atoms with Crippen molar-refractivity contribution in [1.82, 2.24) is 0 Å². The first-order valence-electron chi connectivity index (χ1n) is 12.9. The topological polar surface area (TPSA) is 88.4 Å². The molecule has 0 bridgehead atoms. The van der Waals surface area contributed by atoms with Gasteiger partial charge in [-0.1, -0.05) is 64.2 Å². The van der Waals surface area contributed by atoms with Crippen molar-refractivity contribution in [1.29, 1.82) is 0 Å². The highest BCUT2D eigenvalue weighted by Gasteiger charge is 2.47. The number of oxime groups is 1. The van der Waals surface area contributed by atoms with Gasteiger partial charge in [-0.05, 0) is 79.5 Å². The SMILES string of the molecule is O=C(O)c1ccc([C@H]2C[C@@](O)(c3ccc(OCC4C(c5c(Cl)cccc5Cl)=NOC4C4CC4)cc3Cl)C2)cc1. The molecule has 2 N–H and O–H groups in total. The zero-order valence-electron chi connectivity index (χ0n) is 20.8. The third-order valence-electron chi connectivity index (χ3n) is 7.99. The Labute approximate surface area is 241 Å². The average molecular weight is 587 g/mol. The van der Waals surface area contributed by atoms with E-state index in [2.05, 4.69) is 5.16 Å². The largest absolute Gasteiger partial charge is 0.493 e. The molecule has 9 heteroatoms. The van der Waals surface area contributed by atoms with Gasteiger partial charge in [-0.2, -0.15) is 0 Å². The Bertz CT molecular complexity index is 1430. The molecule has 1 aliphatic heterocycles. The van der Waals surface area contributed by atoms with Gasteiger partial charge in [0.15, 0.2) is 0 Å². The Balaban J connectivity index is 1.14. The quantitative estimate of drug-likeness (QED) is 0.289. The molecule has 0 saturated heterocycles. The van der Waals surface area contributed by atoms with Gasteiger partial charge < -0.3 is 19.8 Å². The van der Waals surface area contributed by atoms with Crippen LogP contribution < -0.4 is 4.74 Å². The van der Waals surface area contributed by atoms with Gasteiger partial charge >= 0.3 is 5.97 Å². The van der Waals surface area contributed by atoms with E-state index in [1.165, 1.54) is 0 Å². The Kier molecular flexibility index (Phi) is 7.00. The monoisotopic (exact) mass is 585 g/mol. The Morgan fingerprint density at radius 2 is 1.69 bits per heavy atom. The van der Waals surface area contributed by atoms with Gasteiger partial charge in [0.1, 0.15) is 24.2 Å². The number of carboxylic acid groups (broad SMARTS) is 1. The van der Waals surface area contributed by atoms with E-state index in [1.807, 2.05) is 12.1 Å². The van der Waals surface area contributed by atoms with Crippen LogP contribution in [0.15, 0.2) is 65.8 Å². The molecule has 0 spiro atoms. The van der Waals surface area contributed by atoms with Crippen LogP contribution in [0.5, 0.6) is 5.75 Å². The van der Waals surface area contributed by atoms with E-state index in [0.717, 1.165) is 18.4 Å². The standard InChI is InChI=1S/C30H26Cl3NO5/c31-23-2-1-3-24(32)26(23)27-21(28(39-34-27)17-6-7-17)15-38-20-10-11-22(25(33)12-20)30(37)13-19(14-30)16-4-8-18(9-5-16)29(35)36/h1-5,8-12,17,19,21,28,37H,6-7,13-15H2,(H,35,36)/t19-,21?,28?,30-. The van der Waals surface area contributed by atoms with Gasteiger partial charge in [-0.25, -0.2) is 4.79 Å². The van der Waals surface area contributed by atoms with Gasteiger partial charge in [0.05, 0.1) is 32.2 Å². The third kappa shape index (κ3) is 5.11. The van der Waals surface area contributed by atoms with Crippen LogP contribution in [0.4, 0.5) is 0 Å². The molecule has 3 aromatic rings. The molecule has 2 atom stereocenters. The highest BCUT2D eigenvalue weighted by molar-refractivity contribution is 6.40. The maximum atomic E-state index is 11.3. The second kappa shape index (κ2) is 10.3. The molecule has 2 aliphatic carbocycles. The molecule has 6 rings (SSSR count). The minimum Gasteiger partial charge on any atom is -0.493 e. The van der Waals surface area contributed by atoms with E-state index < -0.39 is 11.6 Å². The smallest absolute Gasteiger partial charge is 0.335 e. The number of carbonyl (C=O) groups is 1. The summed E-state index contributed by atoms with van der Waals surface area (Å²) in [4.78, 5) is 16.9. The lowest BCUT2D eigenvalue weighted by atomic mass is 9.65. The van der Waals surface area contributed by atoms with Crippen molar-refractivity contribution >= 4 is 46.5 Å². The van der Waals surface area contributed by atoms with Crippen molar-refractivity contribution in [3.63, 3.8) is 0 Å². The first kappa shape index (κ1) is 26.5. The number of aromatic carboxylic acids is 1. The molecule has 2 unspecified atom stereocenters. The first-order chi connectivity index (χ1) is 18.7. The number of rotatable bonds is 8. The molecule has 1 heterocycles. The van der Waals surface area contributed by atoms with Crippen molar-refractivity contribution in [2.75, 3.05) is 6.61 Å². The van der Waals surface area contributed by atoms with Crippen molar-refractivity contribution in [3.8, 4) is 5.75 Å². The highest BCUT2D eigenvalue weighted by atomic mass is 35.5. The molecule has 202 valence electrons. The normalized spacial score (nSPS) is 25.9. The van der Waals surface area contributed by atoms with E-state index in [0.29, 0.717) is 63.0 Å². The number of ether oxygens (including phenoxy) is 1. The zero-order chi connectivity index (χ0) is 27.3. The van der Waals surface area contributed by atoms with Crippen LogP contribution in [0.25, 0.3) is 0 Å². The van der Waals surface area contributed by atoms with Gasteiger partial charge in [0.2, 0.25) is 0 Å². The molecule has 0 radical (unpaired) electrons. The number of hydrogen-bond acceptors (Lipinski definition) is 5. The number of nitrogens with zero attached hydrogens (tertiary/aromatic N) is 1. The molecule has 6 nitrogen and oxygen atoms in total. The predicted octanol–water partition coefficient (Wildman–Crippen LogP) is 7.32. The maximum Gasteiger partial charge on any atom is 0.335 e. The van der Waals surface area contributed by atoms with Crippen LogP contribution in [0.1, 0.15) is 58.6 Å². The van der Waals surface area contributed by atoms with Crippen molar-refractivity contribution in [3.05, 3.63) is 98.0 Å². The highest BCUT2D eigenvalue weighted by Crippen LogP contribution is 2.52. The fraction of sp³-hybridized carbons (Fsp3) is 0.333. The summed E-state index contributed by atoms with van der Waals surface area (Å²) in [5.74, 6) is 0.0329. The van der Waals surface area contributed by atoms with Crippen molar-refractivity contribution in [2.24, 2.45) is 17.0 Å². The van der Waals surface area contributed by atoms with Gasteiger partial charge in [-0.15, -0.1) is 0 Å². The van der Waals surface area contributed by atoms with Crippen LogP contribution in [0.2, 0.25) is 15.1 Å². The molecule has 0 amide bonds. The molecular weight excluding hydrogens is 561 g/mol. The summed E-state index contributed by atoms with van der Waals surface area (Å²) in [5.41, 5.74) is 2.21. The Hall–Kier alpha value is -2.77. The molecule has 3 aliphatic rings. The van der Waals surface area contributed by atoms with Crippen molar-refractivity contribution < 1.29 is 24.6 Å². The zero-order valence-corrected chi connectivity index (χ0v) is 23.1. The van der Waals surface area contributed by atoms with Gasteiger partial charge in [0.25, 0.3) is 0 Å². The average Bonchev–Trinajstić information content (AvgIpc) is 3.66. The van der Waals surface area contributed by atoms with Crippen LogP contribution in [0, 0.1) is 11.8 Å². The summed E-state index contributed by atoms with van der Waals surface area (Å²) in [7, 11) is 0. The number of carboxylic acids is 1. The summed E-state index contributed by atoms with van der Waals surface area (Å²) in [5, 5.41) is 26.2. The molecule has 2 saturated carbocycles. The molecule has 2 fully saturated rings. The summed E-state index contributed by atoms with van der Waals surface area (Å²) < 4.78 is 6.19. The van der Waals surface area contributed by atoms with Gasteiger partial charge in [-0.3, -0.25) is 0 Å². The predicted molar refractivity (Wildman–Crippen MR) is 150 cm³/mol. The summed E-state index contributed by atoms with van der Waals surface area (Å²) in [6.45, 7) is 0.315. The second-order valence-electron chi connectivity index (χ2n) is 10.6. The number of hydrogen-bond donors (Lipinski definition) is 2. The second-order valence-corrected chi connectivity index (χ2v) is 11.8. The fourth-order valence-electron chi connectivity index (χ4n) is 5.66. The molecule has 39 heavy (non-hydrogen) atoms. The minimum atomic E-state index is -1.05. The van der Waals surface area contributed by atoms with Crippen LogP contribution in [-0.4, -0.2) is 34.6 Å². The van der Waals surface area contributed by atoms with Crippen LogP contribution >= 0.6 is 34.8 Å². The summed E-state index contributed by atoms with van der Waals surface area (Å²) in [6, 6.07) is 17.5. The molecular formula is C30H26Cl3NO5. The molecule has 3 aromatic carbocycles. The Morgan fingerprint density at radius 3 is 2.31 bits per heavy atom. The number of benzene rings is 3. The van der Waals surface area contributed by atoms with Gasteiger partial charge in [0, 0.05) is 11.1 Å². The van der Waals surface area contributed by atoms with Crippen molar-refractivity contribution in [2.45, 2.75) is 43.3 Å². The lowest BCUT2D eigenvalue weighted by Gasteiger charge is -2.44. The lowest BCUT2D eigenvalue weighted by molar-refractivity contribution is -0.0549. The van der Waals surface area contributed by atoms with E-state index in [9.17, 15) is 9.90 Å². The number of halogens is 3. The third-order valence-corrected chi connectivity index (χ3v) is 8.94. The van der Waals surface area contributed by atoms with E-state index in [1.54, 1.807) is 48.5 Å². The summed E-state index contributed by atoms with van der Waals surface area (Å²) >= 11 is 19.6. The van der Waals surface area contributed by atoms with E-state index in [-0.39, 0.29) is 23.5 Å². The maximum absolute atomic E-state index is 11.3. The lowest BCUT2D eigenvalue weighted by Crippen LogP contribution is -2.40. The summed E-state index contributed by atoms with van der Waals surface area (Å²) in [6.07, 6.45) is 3.08. The van der Waals surface area contributed by atoms with Crippen LogP contribution in [-0.2, 0) is 10.4 Å². The Morgan fingerprint density at radius 1 is 1.00 bits per heavy atom. The fourth-order valence-corrected chi connectivity index (χ4v) is 6.60. The van der Waals surface area contributed by atoms with Crippen LogP contribution in [0.3, 0.4) is 0 Å².